The Kier molecular flexibility index (Phi) is 3.34. The quantitative estimate of drug-likeness (QED) is 0.815. The topological polar surface area (TPSA) is 79.9 Å². The Morgan fingerprint density at radius 2 is 2.41 bits per heavy atom. The van der Waals surface area contributed by atoms with Crippen molar-refractivity contribution in [3.05, 3.63) is 24.2 Å². The molecule has 6 nitrogen and oxygen atoms in total. The fourth-order valence-electron chi connectivity index (χ4n) is 1.43. The van der Waals surface area contributed by atoms with Crippen LogP contribution in [0.1, 0.15) is 17.3 Å². The van der Waals surface area contributed by atoms with Crippen LogP contribution in [0.15, 0.2) is 18.6 Å². The molecule has 2 N–H and O–H groups in total. The zero-order valence-corrected chi connectivity index (χ0v) is 9.73. The van der Waals surface area contributed by atoms with Gasteiger partial charge in [-0.3, -0.25) is 4.79 Å². The number of nitrogens with zero attached hydrogens (tertiary/aromatic N) is 2. The van der Waals surface area contributed by atoms with Crippen LogP contribution >= 0.6 is 0 Å². The van der Waals surface area contributed by atoms with Crippen LogP contribution in [0.3, 0.4) is 0 Å². The van der Waals surface area contributed by atoms with Crippen molar-refractivity contribution in [3.8, 4) is 11.5 Å². The Balaban J connectivity index is 2.10. The average Bonchev–Trinajstić information content (AvgIpc) is 2.79. The van der Waals surface area contributed by atoms with Gasteiger partial charge in [0, 0.05) is 32.2 Å². The normalized spacial score (nSPS) is 12.6. The molecule has 1 unspecified atom stereocenters. The Morgan fingerprint density at radius 3 is 3.18 bits per heavy atom. The van der Waals surface area contributed by atoms with E-state index in [0.29, 0.717) is 23.6 Å². The Morgan fingerprint density at radius 1 is 1.59 bits per heavy atom. The molecule has 2 aliphatic heterocycles. The number of carbonyl (C=O) groups is 1. The first-order valence-electron chi connectivity index (χ1n) is 5.31. The highest BCUT2D eigenvalue weighted by Gasteiger charge is 2.18. The Hall–Kier alpha value is -1.95. The molecule has 90 valence electrons. The predicted molar refractivity (Wildman–Crippen MR) is 61.8 cm³/mol. The summed E-state index contributed by atoms with van der Waals surface area (Å²) in [7, 11) is 1.61. The number of rotatable bonds is 4. The van der Waals surface area contributed by atoms with E-state index in [2.05, 4.69) is 20.3 Å². The number of H-pyrrole nitrogens is 1. The van der Waals surface area contributed by atoms with Crippen molar-refractivity contribution in [2.24, 2.45) is 0 Å². The Bertz CT molecular complexity index is 482. The predicted octanol–water partition coefficient (Wildman–Crippen LogP) is 0.674. The van der Waals surface area contributed by atoms with E-state index in [1.165, 1.54) is 6.20 Å². The fourth-order valence-corrected chi connectivity index (χ4v) is 1.43. The molecule has 0 saturated carbocycles. The second-order valence-electron chi connectivity index (χ2n) is 3.72. The van der Waals surface area contributed by atoms with Gasteiger partial charge in [0.1, 0.15) is 0 Å². The smallest absolute Gasteiger partial charge is 0.255 e. The minimum absolute atomic E-state index is 0.0183. The average molecular weight is 234 g/mol. The summed E-state index contributed by atoms with van der Waals surface area (Å²) in [5.74, 6) is 0.359. The molecule has 0 saturated heterocycles. The van der Waals surface area contributed by atoms with E-state index >= 15 is 0 Å². The molecule has 0 aromatic carbocycles. The summed E-state index contributed by atoms with van der Waals surface area (Å²) in [6.45, 7) is 2.34. The highest BCUT2D eigenvalue weighted by atomic mass is 16.5. The van der Waals surface area contributed by atoms with E-state index < -0.39 is 0 Å². The van der Waals surface area contributed by atoms with Gasteiger partial charge in [0.05, 0.1) is 17.4 Å². The van der Waals surface area contributed by atoms with Crippen molar-refractivity contribution < 1.29 is 9.53 Å². The molecule has 0 fully saturated rings. The lowest BCUT2D eigenvalue weighted by molar-refractivity contribution is 0.0871. The number of hydrogen-bond acceptors (Lipinski definition) is 4. The molecule has 0 spiro atoms. The molecule has 2 rings (SSSR count). The van der Waals surface area contributed by atoms with Gasteiger partial charge >= 0.3 is 0 Å². The van der Waals surface area contributed by atoms with E-state index in [0.717, 1.165) is 0 Å². The molecule has 0 aromatic heterocycles. The number of aromatic nitrogens is 3. The SMILES string of the molecule is COC(C)CNC(=O)c1cnc2ncc[nH]c1-2. The minimum atomic E-state index is -0.180. The first-order valence-corrected chi connectivity index (χ1v) is 5.31. The Labute approximate surface area is 98.8 Å². The van der Waals surface area contributed by atoms with Crippen molar-refractivity contribution in [2.45, 2.75) is 13.0 Å². The van der Waals surface area contributed by atoms with Crippen LogP contribution in [0.5, 0.6) is 0 Å². The van der Waals surface area contributed by atoms with Gasteiger partial charge in [0.25, 0.3) is 5.91 Å². The van der Waals surface area contributed by atoms with Gasteiger partial charge in [-0.15, -0.1) is 0 Å². The van der Waals surface area contributed by atoms with Crippen molar-refractivity contribution in [2.75, 3.05) is 13.7 Å². The number of nitrogens with one attached hydrogen (secondary N) is 2. The number of aromatic amines is 1. The number of ether oxygens (including phenoxy) is 1. The van der Waals surface area contributed by atoms with E-state index in [1.54, 1.807) is 19.5 Å². The lowest BCUT2D eigenvalue weighted by Crippen LogP contribution is -2.31. The van der Waals surface area contributed by atoms with Gasteiger partial charge in [0.15, 0.2) is 5.82 Å². The van der Waals surface area contributed by atoms with Crippen LogP contribution < -0.4 is 5.32 Å². The summed E-state index contributed by atoms with van der Waals surface area (Å²) in [4.78, 5) is 23.0. The molecule has 6 heteroatoms. The molecule has 0 radical (unpaired) electrons. The van der Waals surface area contributed by atoms with Gasteiger partial charge in [-0.1, -0.05) is 0 Å². The lowest BCUT2D eigenvalue weighted by atomic mass is 10.2. The standard InChI is InChI=1S/C11H14N4O2/c1-7(17-2)5-15-11(16)8-6-14-10-9(8)12-3-4-13-10/h3-4,6-7,12H,5H2,1-2H3,(H,15,16). The number of carbonyl (C=O) groups excluding carboxylic acids is 1. The largest absolute Gasteiger partial charge is 0.380 e. The maximum Gasteiger partial charge on any atom is 0.255 e. The molecule has 1 atom stereocenters. The van der Waals surface area contributed by atoms with Crippen LogP contribution in [0.25, 0.3) is 11.5 Å². The van der Waals surface area contributed by atoms with Crippen molar-refractivity contribution in [1.29, 1.82) is 0 Å². The van der Waals surface area contributed by atoms with Crippen molar-refractivity contribution >= 4 is 5.91 Å². The minimum Gasteiger partial charge on any atom is -0.380 e. The van der Waals surface area contributed by atoms with Crippen LogP contribution in [0.2, 0.25) is 0 Å². The highest BCUT2D eigenvalue weighted by Crippen LogP contribution is 2.19. The van der Waals surface area contributed by atoms with Gasteiger partial charge < -0.3 is 15.0 Å². The first kappa shape index (κ1) is 11.5. The summed E-state index contributed by atoms with van der Waals surface area (Å²) in [5, 5.41) is 2.78. The van der Waals surface area contributed by atoms with Crippen LogP contribution in [-0.4, -0.2) is 40.6 Å². The molecule has 0 bridgehead atoms. The van der Waals surface area contributed by atoms with Crippen LogP contribution in [-0.2, 0) is 4.74 Å². The van der Waals surface area contributed by atoms with Gasteiger partial charge in [-0.05, 0) is 6.92 Å². The van der Waals surface area contributed by atoms with Gasteiger partial charge in [-0.2, -0.15) is 0 Å². The summed E-state index contributed by atoms with van der Waals surface area (Å²) < 4.78 is 5.05. The molecule has 2 heterocycles. The van der Waals surface area contributed by atoms with Crippen molar-refractivity contribution in [1.82, 2.24) is 20.3 Å². The van der Waals surface area contributed by atoms with E-state index in [9.17, 15) is 4.79 Å². The number of fused-ring (bicyclic) bond motifs is 1. The fraction of sp³-hybridized carbons (Fsp3) is 0.364. The lowest BCUT2D eigenvalue weighted by Gasteiger charge is -2.10. The molecule has 0 aliphatic carbocycles. The number of hydrogen-bond donors (Lipinski definition) is 2. The molecule has 0 aromatic rings. The third-order valence-electron chi connectivity index (χ3n) is 2.50. The van der Waals surface area contributed by atoms with E-state index in [-0.39, 0.29) is 12.0 Å². The number of methoxy groups -OCH3 is 1. The van der Waals surface area contributed by atoms with Gasteiger partial charge in [-0.25, -0.2) is 9.97 Å². The van der Waals surface area contributed by atoms with Gasteiger partial charge in [0.2, 0.25) is 0 Å². The zero-order valence-electron chi connectivity index (χ0n) is 9.73. The summed E-state index contributed by atoms with van der Waals surface area (Å²) in [5.41, 5.74) is 1.14. The maximum atomic E-state index is 11.9. The first-order chi connectivity index (χ1) is 8.22. The second-order valence-corrected chi connectivity index (χ2v) is 3.72. The number of amides is 1. The van der Waals surface area contributed by atoms with E-state index in [1.807, 2.05) is 6.92 Å². The highest BCUT2D eigenvalue weighted by molar-refractivity contribution is 5.99. The zero-order chi connectivity index (χ0) is 12.3. The third kappa shape index (κ3) is 2.42. The van der Waals surface area contributed by atoms with Crippen LogP contribution in [0.4, 0.5) is 0 Å². The summed E-state index contributed by atoms with van der Waals surface area (Å²) in [6, 6.07) is 0. The molecular weight excluding hydrogens is 220 g/mol. The van der Waals surface area contributed by atoms with Crippen LogP contribution in [0, 0.1) is 0 Å². The van der Waals surface area contributed by atoms with Crippen molar-refractivity contribution in [3.63, 3.8) is 0 Å². The van der Waals surface area contributed by atoms with E-state index in [4.69, 9.17) is 4.74 Å². The second kappa shape index (κ2) is 4.92. The monoisotopic (exact) mass is 234 g/mol. The maximum absolute atomic E-state index is 11.9. The molecule has 1 amide bonds. The molecular formula is C11H14N4O2. The summed E-state index contributed by atoms with van der Waals surface area (Å²) in [6.07, 6.45) is 4.76. The third-order valence-corrected chi connectivity index (χ3v) is 2.50. The summed E-state index contributed by atoms with van der Waals surface area (Å²) >= 11 is 0. The molecule has 17 heavy (non-hydrogen) atoms. The molecule has 2 aliphatic rings.